The number of hydrazone groups is 1. The van der Waals surface area contributed by atoms with Gasteiger partial charge in [-0.3, -0.25) is 10.2 Å². The molecule has 0 heterocycles. The third-order valence-corrected chi connectivity index (χ3v) is 3.22. The van der Waals surface area contributed by atoms with Crippen molar-refractivity contribution >= 4 is 46.6 Å². The van der Waals surface area contributed by atoms with Gasteiger partial charge in [-0.05, 0) is 30.3 Å². The van der Waals surface area contributed by atoms with Crippen molar-refractivity contribution in [3.8, 4) is 0 Å². The highest BCUT2D eigenvalue weighted by Gasteiger charge is 2.16. The van der Waals surface area contributed by atoms with Crippen LogP contribution in [0.15, 0.2) is 58.8 Å². The third kappa shape index (κ3) is 4.07. The van der Waals surface area contributed by atoms with E-state index >= 15 is 0 Å². The molecule has 2 rings (SSSR count). The van der Waals surface area contributed by atoms with E-state index in [1.165, 1.54) is 12.1 Å². The van der Waals surface area contributed by atoms with Crippen molar-refractivity contribution in [2.24, 2.45) is 10.3 Å². The van der Waals surface area contributed by atoms with Gasteiger partial charge in [0.2, 0.25) is 5.78 Å². The molecule has 0 aromatic heterocycles. The van der Waals surface area contributed by atoms with Gasteiger partial charge >= 0.3 is 0 Å². The topological polar surface area (TPSA) is 74.0 Å². The maximum Gasteiger partial charge on any atom is 0.216 e. The van der Waals surface area contributed by atoms with E-state index in [-0.39, 0.29) is 16.3 Å². The Morgan fingerprint density at radius 3 is 2.50 bits per heavy atom. The van der Waals surface area contributed by atoms with Crippen LogP contribution in [-0.2, 0) is 0 Å². The highest BCUT2D eigenvalue weighted by atomic mass is 35.5. The monoisotopic (exact) mass is 335 g/mol. The van der Waals surface area contributed by atoms with Crippen LogP contribution in [0.25, 0.3) is 0 Å². The van der Waals surface area contributed by atoms with Crippen LogP contribution >= 0.6 is 23.2 Å². The molecule has 0 spiro atoms. The van der Waals surface area contributed by atoms with E-state index in [0.29, 0.717) is 10.7 Å². The van der Waals surface area contributed by atoms with Crippen LogP contribution in [0.4, 0.5) is 5.69 Å². The molecular formula is C15H11Cl2N3O2. The van der Waals surface area contributed by atoms with Crippen LogP contribution in [-0.4, -0.2) is 22.9 Å². The first-order chi connectivity index (χ1) is 10.6. The van der Waals surface area contributed by atoms with E-state index in [2.05, 4.69) is 15.7 Å². The minimum atomic E-state index is -0.497. The summed E-state index contributed by atoms with van der Waals surface area (Å²) in [6.07, 6.45) is 0.934. The van der Waals surface area contributed by atoms with E-state index in [1.807, 2.05) is 18.2 Å². The smallest absolute Gasteiger partial charge is 0.216 e. The normalized spacial score (nSPS) is 11.6. The number of halogens is 2. The van der Waals surface area contributed by atoms with Crippen molar-refractivity contribution in [1.82, 2.24) is 0 Å². The van der Waals surface area contributed by atoms with Gasteiger partial charge in [0.05, 0.1) is 16.9 Å². The second-order valence-electron chi connectivity index (χ2n) is 4.17. The summed E-state index contributed by atoms with van der Waals surface area (Å²) >= 11 is 11.8. The molecule has 0 aliphatic carbocycles. The molecule has 112 valence electrons. The van der Waals surface area contributed by atoms with Crippen LogP contribution in [0, 0.1) is 0 Å². The van der Waals surface area contributed by atoms with Gasteiger partial charge in [-0.1, -0.05) is 46.6 Å². The third-order valence-electron chi connectivity index (χ3n) is 2.67. The average molecular weight is 336 g/mol. The molecule has 0 bridgehead atoms. The molecule has 0 unspecified atom stereocenters. The first-order valence-corrected chi connectivity index (χ1v) is 6.93. The highest BCUT2D eigenvalue weighted by molar-refractivity contribution is 6.65. The summed E-state index contributed by atoms with van der Waals surface area (Å²) in [6, 6.07) is 13.5. The SMILES string of the molecule is O=C(C(/C=N\O)=N/Nc1ccccc1)c1ccc(Cl)cc1Cl. The molecular weight excluding hydrogens is 325 g/mol. The summed E-state index contributed by atoms with van der Waals surface area (Å²) in [7, 11) is 0. The van der Waals surface area contributed by atoms with Gasteiger partial charge in [-0.25, -0.2) is 0 Å². The molecule has 0 atom stereocenters. The molecule has 0 saturated heterocycles. The quantitative estimate of drug-likeness (QED) is 0.374. The number of rotatable bonds is 5. The lowest BCUT2D eigenvalue weighted by molar-refractivity contribution is 0.106. The van der Waals surface area contributed by atoms with E-state index in [4.69, 9.17) is 28.4 Å². The predicted octanol–water partition coefficient (Wildman–Crippen LogP) is 4.10. The number of anilines is 1. The first-order valence-electron chi connectivity index (χ1n) is 6.17. The Morgan fingerprint density at radius 2 is 1.86 bits per heavy atom. The minimum Gasteiger partial charge on any atom is -0.411 e. The Balaban J connectivity index is 2.29. The van der Waals surface area contributed by atoms with Crippen LogP contribution in [0.2, 0.25) is 10.0 Å². The second kappa shape index (κ2) is 7.59. The Morgan fingerprint density at radius 1 is 1.14 bits per heavy atom. The van der Waals surface area contributed by atoms with Crippen LogP contribution in [0.1, 0.15) is 10.4 Å². The van der Waals surface area contributed by atoms with Crippen molar-refractivity contribution < 1.29 is 10.0 Å². The number of ketones is 1. The second-order valence-corrected chi connectivity index (χ2v) is 5.02. The number of nitrogens with one attached hydrogen (secondary N) is 1. The first kappa shape index (κ1) is 16.0. The lowest BCUT2D eigenvalue weighted by atomic mass is 10.1. The molecule has 0 aliphatic heterocycles. The van der Waals surface area contributed by atoms with Gasteiger partial charge in [0.25, 0.3) is 0 Å². The van der Waals surface area contributed by atoms with Gasteiger partial charge in [-0.15, -0.1) is 0 Å². The van der Waals surface area contributed by atoms with E-state index < -0.39 is 5.78 Å². The number of para-hydroxylation sites is 1. The zero-order valence-corrected chi connectivity index (χ0v) is 12.7. The summed E-state index contributed by atoms with van der Waals surface area (Å²) in [5, 5.41) is 16.1. The Kier molecular flexibility index (Phi) is 5.52. The number of benzene rings is 2. The zero-order valence-electron chi connectivity index (χ0n) is 11.2. The number of carbonyl (C=O) groups is 1. The number of oxime groups is 1. The molecule has 2 N–H and O–H groups in total. The molecule has 0 fully saturated rings. The zero-order chi connectivity index (χ0) is 15.9. The van der Waals surface area contributed by atoms with Gasteiger partial charge in [0.15, 0.2) is 5.71 Å². The lowest BCUT2D eigenvalue weighted by Gasteiger charge is -2.05. The van der Waals surface area contributed by atoms with Crippen LogP contribution in [0.5, 0.6) is 0 Å². The standard InChI is InChI=1S/C15H11Cl2N3O2/c16-10-6-7-12(13(17)8-10)15(21)14(9-18-22)20-19-11-4-2-1-3-5-11/h1-9,19,22H/b18-9-,20-14+. The van der Waals surface area contributed by atoms with Gasteiger partial charge in [-0.2, -0.15) is 5.10 Å². The predicted molar refractivity (Wildman–Crippen MR) is 88.6 cm³/mol. The summed E-state index contributed by atoms with van der Waals surface area (Å²) in [6.45, 7) is 0. The fourth-order valence-electron chi connectivity index (χ4n) is 1.64. The number of nitrogens with zero attached hydrogens (tertiary/aromatic N) is 2. The summed E-state index contributed by atoms with van der Waals surface area (Å²) in [4.78, 5) is 12.4. The van der Waals surface area contributed by atoms with Crippen molar-refractivity contribution in [1.29, 1.82) is 0 Å². The van der Waals surface area contributed by atoms with E-state index in [0.717, 1.165) is 6.21 Å². The average Bonchev–Trinajstić information content (AvgIpc) is 2.52. The van der Waals surface area contributed by atoms with Gasteiger partial charge in [0, 0.05) is 10.6 Å². The fraction of sp³-hybridized carbons (Fsp3) is 0. The molecule has 22 heavy (non-hydrogen) atoms. The van der Waals surface area contributed by atoms with Crippen LogP contribution < -0.4 is 5.43 Å². The summed E-state index contributed by atoms with van der Waals surface area (Å²) in [5.74, 6) is -0.497. The maximum atomic E-state index is 12.4. The molecule has 2 aromatic carbocycles. The lowest BCUT2D eigenvalue weighted by Crippen LogP contribution is -2.18. The van der Waals surface area contributed by atoms with E-state index in [1.54, 1.807) is 18.2 Å². The molecule has 0 saturated carbocycles. The number of carbonyl (C=O) groups excluding carboxylic acids is 1. The van der Waals surface area contributed by atoms with Crippen molar-refractivity contribution in [2.75, 3.05) is 5.43 Å². The Bertz CT molecular complexity index is 731. The molecule has 0 radical (unpaired) electrons. The van der Waals surface area contributed by atoms with Gasteiger partial charge < -0.3 is 5.21 Å². The largest absolute Gasteiger partial charge is 0.411 e. The Labute approximate surface area is 136 Å². The molecule has 0 amide bonds. The van der Waals surface area contributed by atoms with Gasteiger partial charge in [0.1, 0.15) is 0 Å². The molecule has 0 aliphatic rings. The van der Waals surface area contributed by atoms with Crippen LogP contribution in [0.3, 0.4) is 0 Å². The maximum absolute atomic E-state index is 12.4. The molecule has 7 heteroatoms. The van der Waals surface area contributed by atoms with E-state index in [9.17, 15) is 4.79 Å². The molecule has 2 aromatic rings. The minimum absolute atomic E-state index is 0.101. The summed E-state index contributed by atoms with van der Waals surface area (Å²) < 4.78 is 0. The molecule has 5 nitrogen and oxygen atoms in total. The van der Waals surface area contributed by atoms with Crippen molar-refractivity contribution in [3.05, 3.63) is 64.1 Å². The Hall–Kier alpha value is -2.37. The summed E-state index contributed by atoms with van der Waals surface area (Å²) in [5.41, 5.74) is 3.50. The number of hydrogen-bond donors (Lipinski definition) is 2. The van der Waals surface area contributed by atoms with Crippen molar-refractivity contribution in [2.45, 2.75) is 0 Å². The van der Waals surface area contributed by atoms with Crippen molar-refractivity contribution in [3.63, 3.8) is 0 Å². The highest BCUT2D eigenvalue weighted by Crippen LogP contribution is 2.21. The number of Topliss-reactive ketones (excluding diaryl/α,β-unsaturated/α-hetero) is 1. The number of hydrogen-bond acceptors (Lipinski definition) is 5. The fourth-order valence-corrected chi connectivity index (χ4v) is 2.14.